The van der Waals surface area contributed by atoms with Crippen LogP contribution in [-0.2, 0) is 24.2 Å². The Bertz CT molecular complexity index is 1060. The van der Waals surface area contributed by atoms with Gasteiger partial charge in [-0.1, -0.05) is 12.1 Å². The van der Waals surface area contributed by atoms with Gasteiger partial charge in [-0.15, -0.1) is 0 Å². The monoisotopic (exact) mass is 362 g/mol. The van der Waals surface area contributed by atoms with E-state index in [2.05, 4.69) is 4.98 Å². The number of fused-ring (bicyclic) bond motifs is 1. The second kappa shape index (κ2) is 6.99. The molecule has 0 aliphatic heterocycles. The molecule has 0 saturated heterocycles. The number of nitrogens with zero attached hydrogens (tertiary/aromatic N) is 2. The van der Waals surface area contributed by atoms with Crippen LogP contribution in [0.25, 0.3) is 10.9 Å². The van der Waals surface area contributed by atoms with E-state index < -0.39 is 35.5 Å². The van der Waals surface area contributed by atoms with Gasteiger partial charge in [0.15, 0.2) is 11.6 Å². The molecule has 0 aliphatic rings. The highest BCUT2D eigenvalue weighted by Gasteiger charge is 2.15. The highest BCUT2D eigenvalue weighted by atomic mass is 19.2. The molecule has 134 valence electrons. The number of carboxylic acids is 1. The van der Waals surface area contributed by atoms with Crippen molar-refractivity contribution in [1.29, 1.82) is 0 Å². The fraction of sp³-hybridized carbons (Fsp3) is 0.167. The number of aryl methyl sites for hydroxylation is 2. The standard InChI is InChI=1S/C18H13F3N2O3/c19-11-5-6-12-14(8-11)23(9-16(24)25)15(22-18(12)26)7-4-10-2-1-3-13(20)17(10)21/h1-3,5-6,8H,4,7,9H2,(H,24,25). The summed E-state index contributed by atoms with van der Waals surface area (Å²) in [5.74, 6) is -3.80. The maximum absolute atomic E-state index is 13.8. The van der Waals surface area contributed by atoms with E-state index in [9.17, 15) is 22.8 Å². The molecule has 1 aromatic heterocycles. The molecule has 0 aliphatic carbocycles. The van der Waals surface area contributed by atoms with Crippen molar-refractivity contribution in [2.75, 3.05) is 0 Å². The summed E-state index contributed by atoms with van der Waals surface area (Å²) in [5, 5.41) is 9.20. The van der Waals surface area contributed by atoms with Crippen molar-refractivity contribution in [3.63, 3.8) is 0 Å². The van der Waals surface area contributed by atoms with Gasteiger partial charge in [-0.3, -0.25) is 9.59 Å². The van der Waals surface area contributed by atoms with Gasteiger partial charge in [-0.25, -0.2) is 13.2 Å². The number of benzene rings is 2. The Labute approximate surface area is 145 Å². The number of carboxylic acid groups (broad SMARTS) is 1. The molecular weight excluding hydrogens is 349 g/mol. The minimum Gasteiger partial charge on any atom is -0.480 e. The highest BCUT2D eigenvalue weighted by Crippen LogP contribution is 2.17. The SMILES string of the molecule is O=C(O)Cn1c(CCc2cccc(F)c2F)nc(=O)c2ccc(F)cc21. The number of halogens is 3. The molecule has 0 radical (unpaired) electrons. The molecule has 0 unspecified atom stereocenters. The predicted molar refractivity (Wildman–Crippen MR) is 87.4 cm³/mol. The molecule has 0 spiro atoms. The second-order valence-electron chi connectivity index (χ2n) is 5.69. The zero-order valence-electron chi connectivity index (χ0n) is 13.4. The summed E-state index contributed by atoms with van der Waals surface area (Å²) >= 11 is 0. The summed E-state index contributed by atoms with van der Waals surface area (Å²) < 4.78 is 41.9. The Hall–Kier alpha value is -3.16. The Morgan fingerprint density at radius 2 is 1.88 bits per heavy atom. The molecule has 3 aromatic rings. The van der Waals surface area contributed by atoms with Crippen LogP contribution in [0.5, 0.6) is 0 Å². The van der Waals surface area contributed by atoms with Gasteiger partial charge < -0.3 is 9.67 Å². The summed E-state index contributed by atoms with van der Waals surface area (Å²) in [6.45, 7) is -0.547. The fourth-order valence-corrected chi connectivity index (χ4v) is 2.78. The number of hydrogen-bond acceptors (Lipinski definition) is 3. The van der Waals surface area contributed by atoms with E-state index in [1.54, 1.807) is 0 Å². The first-order valence-electron chi connectivity index (χ1n) is 7.70. The Morgan fingerprint density at radius 1 is 1.12 bits per heavy atom. The van der Waals surface area contributed by atoms with Crippen LogP contribution in [0.2, 0.25) is 0 Å². The minimum absolute atomic E-state index is 0.00350. The van der Waals surface area contributed by atoms with Crippen molar-refractivity contribution in [1.82, 2.24) is 9.55 Å². The van der Waals surface area contributed by atoms with Gasteiger partial charge in [0.05, 0.1) is 10.9 Å². The van der Waals surface area contributed by atoms with E-state index in [4.69, 9.17) is 5.11 Å². The van der Waals surface area contributed by atoms with Gasteiger partial charge >= 0.3 is 5.97 Å². The Kier molecular flexibility index (Phi) is 4.75. The van der Waals surface area contributed by atoms with Crippen LogP contribution in [0, 0.1) is 17.5 Å². The quantitative estimate of drug-likeness (QED) is 0.758. The van der Waals surface area contributed by atoms with Crippen molar-refractivity contribution in [3.05, 3.63) is 75.6 Å². The molecule has 5 nitrogen and oxygen atoms in total. The molecule has 2 aromatic carbocycles. The third kappa shape index (κ3) is 3.44. The molecule has 0 fully saturated rings. The van der Waals surface area contributed by atoms with Crippen LogP contribution < -0.4 is 5.56 Å². The Morgan fingerprint density at radius 3 is 2.62 bits per heavy atom. The highest BCUT2D eigenvalue weighted by molar-refractivity contribution is 5.80. The van der Waals surface area contributed by atoms with Gasteiger partial charge in [0, 0.05) is 6.42 Å². The summed E-state index contributed by atoms with van der Waals surface area (Å²) in [5.41, 5.74) is -0.487. The van der Waals surface area contributed by atoms with E-state index in [0.717, 1.165) is 18.2 Å². The maximum Gasteiger partial charge on any atom is 0.323 e. The lowest BCUT2D eigenvalue weighted by Gasteiger charge is -2.14. The lowest BCUT2D eigenvalue weighted by Crippen LogP contribution is -2.23. The molecule has 3 rings (SSSR count). The molecule has 26 heavy (non-hydrogen) atoms. The third-order valence-corrected chi connectivity index (χ3v) is 3.97. The minimum atomic E-state index is -1.21. The first-order chi connectivity index (χ1) is 12.4. The van der Waals surface area contributed by atoms with Crippen LogP contribution in [0.4, 0.5) is 13.2 Å². The average Bonchev–Trinajstić information content (AvgIpc) is 2.58. The number of carbonyl (C=O) groups is 1. The molecule has 8 heteroatoms. The first kappa shape index (κ1) is 17.7. The molecule has 0 bridgehead atoms. The molecule has 0 saturated carbocycles. The predicted octanol–water partition coefficient (Wildman–Crippen LogP) is 2.68. The van der Waals surface area contributed by atoms with Crippen LogP contribution in [-0.4, -0.2) is 20.6 Å². The molecular formula is C18H13F3N2O3. The fourth-order valence-electron chi connectivity index (χ4n) is 2.78. The largest absolute Gasteiger partial charge is 0.480 e. The number of rotatable bonds is 5. The van der Waals surface area contributed by atoms with Crippen molar-refractivity contribution in [2.45, 2.75) is 19.4 Å². The molecule has 0 atom stereocenters. The number of hydrogen-bond donors (Lipinski definition) is 1. The number of aromatic nitrogens is 2. The molecule has 0 amide bonds. The van der Waals surface area contributed by atoms with E-state index in [1.807, 2.05) is 0 Å². The topological polar surface area (TPSA) is 72.2 Å². The van der Waals surface area contributed by atoms with Crippen LogP contribution in [0.15, 0.2) is 41.2 Å². The van der Waals surface area contributed by atoms with Crippen LogP contribution in [0.3, 0.4) is 0 Å². The lowest BCUT2D eigenvalue weighted by atomic mass is 10.1. The van der Waals surface area contributed by atoms with Crippen molar-refractivity contribution in [2.24, 2.45) is 0 Å². The van der Waals surface area contributed by atoms with Gasteiger partial charge in [0.2, 0.25) is 0 Å². The van der Waals surface area contributed by atoms with Crippen LogP contribution >= 0.6 is 0 Å². The normalized spacial score (nSPS) is 11.0. The number of aliphatic carboxylic acids is 1. The summed E-state index contributed by atoms with van der Waals surface area (Å²) in [4.78, 5) is 27.2. The van der Waals surface area contributed by atoms with E-state index >= 15 is 0 Å². The van der Waals surface area contributed by atoms with Crippen molar-refractivity contribution in [3.8, 4) is 0 Å². The second-order valence-corrected chi connectivity index (χ2v) is 5.69. The van der Waals surface area contributed by atoms with Crippen molar-refractivity contribution < 1.29 is 23.1 Å². The molecule has 1 heterocycles. The van der Waals surface area contributed by atoms with Gasteiger partial charge in [-0.05, 0) is 36.2 Å². The Balaban J connectivity index is 2.08. The van der Waals surface area contributed by atoms with E-state index in [0.29, 0.717) is 0 Å². The smallest absolute Gasteiger partial charge is 0.323 e. The van der Waals surface area contributed by atoms with Gasteiger partial charge in [-0.2, -0.15) is 4.98 Å². The molecule has 1 N–H and O–H groups in total. The van der Waals surface area contributed by atoms with Gasteiger partial charge in [0.1, 0.15) is 18.2 Å². The zero-order chi connectivity index (χ0) is 18.8. The average molecular weight is 362 g/mol. The van der Waals surface area contributed by atoms with Crippen LogP contribution in [0.1, 0.15) is 11.4 Å². The van der Waals surface area contributed by atoms with Crippen molar-refractivity contribution >= 4 is 16.9 Å². The third-order valence-electron chi connectivity index (χ3n) is 3.97. The lowest BCUT2D eigenvalue weighted by molar-refractivity contribution is -0.137. The summed E-state index contributed by atoms with van der Waals surface area (Å²) in [7, 11) is 0. The maximum atomic E-state index is 13.8. The zero-order valence-corrected chi connectivity index (χ0v) is 13.4. The van der Waals surface area contributed by atoms with E-state index in [1.165, 1.54) is 22.8 Å². The first-order valence-corrected chi connectivity index (χ1v) is 7.70. The summed E-state index contributed by atoms with van der Waals surface area (Å²) in [6.07, 6.45) is -0.0220. The van der Waals surface area contributed by atoms with Gasteiger partial charge in [0.25, 0.3) is 5.56 Å². The van der Waals surface area contributed by atoms with E-state index in [-0.39, 0.29) is 35.1 Å². The summed E-state index contributed by atoms with van der Waals surface area (Å²) in [6, 6.07) is 7.08.